The van der Waals surface area contributed by atoms with E-state index >= 15 is 0 Å². The van der Waals surface area contributed by atoms with E-state index in [-0.39, 0.29) is 0 Å². The topological polar surface area (TPSA) is 0 Å². The average Bonchev–Trinajstić information content (AvgIpc) is 2.82. The molecule has 0 fully saturated rings. The molecule has 0 unspecified atom stereocenters. The lowest BCUT2D eigenvalue weighted by Crippen LogP contribution is -2.03. The zero-order valence-electron chi connectivity index (χ0n) is 17.1. The molecule has 0 aromatic heterocycles. The van der Waals surface area contributed by atoms with Crippen LogP contribution < -0.4 is 0 Å². The quantitative estimate of drug-likeness (QED) is 0.269. The molecule has 0 aliphatic heterocycles. The van der Waals surface area contributed by atoms with Gasteiger partial charge in [0, 0.05) is 0 Å². The number of rotatable bonds is 2. The fraction of sp³-hybridized carbons (Fsp3) is 0.133. The predicted molar refractivity (Wildman–Crippen MR) is 129 cm³/mol. The van der Waals surface area contributed by atoms with E-state index in [9.17, 15) is 0 Å². The molecule has 1 aliphatic rings. The van der Waals surface area contributed by atoms with Crippen molar-refractivity contribution in [2.24, 2.45) is 0 Å². The summed E-state index contributed by atoms with van der Waals surface area (Å²) in [5.74, 6) is 0. The lowest BCUT2D eigenvalue weighted by atomic mass is 9.82. The van der Waals surface area contributed by atoms with Crippen molar-refractivity contribution in [3.63, 3.8) is 0 Å². The molecule has 6 rings (SSSR count). The van der Waals surface area contributed by atoms with Gasteiger partial charge in [0.1, 0.15) is 0 Å². The molecular weight excluding hydrogens is 360 g/mol. The van der Waals surface area contributed by atoms with Crippen LogP contribution in [0.25, 0.3) is 43.8 Å². The Morgan fingerprint density at radius 1 is 0.400 bits per heavy atom. The first-order valence-corrected chi connectivity index (χ1v) is 11.0. The zero-order valence-corrected chi connectivity index (χ0v) is 17.1. The Hall–Kier alpha value is -3.38. The molecule has 0 amide bonds. The van der Waals surface area contributed by atoms with Crippen molar-refractivity contribution in [1.29, 1.82) is 0 Å². The van der Waals surface area contributed by atoms with Gasteiger partial charge in [-0.15, -0.1) is 0 Å². The standard InChI is InChI=1S/C30H24/c1-3-11-21(12-4-1)29-25-17-9-10-18-26(25)30(22-13-5-2-6-14-22)28-20-24-16-8-7-15-23(24)19-27(28)29/h1-6,9-14,17-20H,7-8,15-16H2. The smallest absolute Gasteiger partial charge is 0.00263 e. The molecule has 5 aromatic rings. The van der Waals surface area contributed by atoms with E-state index in [1.807, 2.05) is 0 Å². The van der Waals surface area contributed by atoms with Gasteiger partial charge in [-0.25, -0.2) is 0 Å². The fourth-order valence-electron chi connectivity index (χ4n) is 5.24. The summed E-state index contributed by atoms with van der Waals surface area (Å²) < 4.78 is 0. The van der Waals surface area contributed by atoms with Gasteiger partial charge in [0.2, 0.25) is 0 Å². The van der Waals surface area contributed by atoms with Gasteiger partial charge in [-0.05, 0) is 80.6 Å². The summed E-state index contributed by atoms with van der Waals surface area (Å²) in [5.41, 5.74) is 8.42. The summed E-state index contributed by atoms with van der Waals surface area (Å²) in [6.07, 6.45) is 5.01. The molecule has 144 valence electrons. The largest absolute Gasteiger partial charge is 0.0622 e. The first kappa shape index (κ1) is 17.5. The van der Waals surface area contributed by atoms with Crippen LogP contribution in [0.2, 0.25) is 0 Å². The lowest BCUT2D eigenvalue weighted by Gasteiger charge is -2.22. The third-order valence-electron chi connectivity index (χ3n) is 6.61. The third kappa shape index (κ3) is 2.75. The van der Waals surface area contributed by atoms with Gasteiger partial charge in [0.05, 0.1) is 0 Å². The van der Waals surface area contributed by atoms with E-state index in [4.69, 9.17) is 0 Å². The Morgan fingerprint density at radius 3 is 1.23 bits per heavy atom. The minimum atomic E-state index is 1.20. The Balaban J connectivity index is 1.84. The number of benzene rings is 5. The van der Waals surface area contributed by atoms with E-state index in [1.54, 1.807) is 11.1 Å². The monoisotopic (exact) mass is 384 g/mol. The van der Waals surface area contributed by atoms with Crippen LogP contribution in [0.1, 0.15) is 24.0 Å². The summed E-state index contributed by atoms with van der Waals surface area (Å²) in [4.78, 5) is 0. The summed E-state index contributed by atoms with van der Waals surface area (Å²) >= 11 is 0. The summed E-state index contributed by atoms with van der Waals surface area (Å²) in [6, 6.07) is 35.8. The Morgan fingerprint density at radius 2 is 0.800 bits per heavy atom. The molecule has 0 spiro atoms. The second-order valence-electron chi connectivity index (χ2n) is 8.40. The predicted octanol–water partition coefficient (Wildman–Crippen LogP) is 8.21. The van der Waals surface area contributed by atoms with Gasteiger partial charge >= 0.3 is 0 Å². The van der Waals surface area contributed by atoms with Crippen LogP contribution in [0, 0.1) is 0 Å². The zero-order chi connectivity index (χ0) is 19.9. The van der Waals surface area contributed by atoms with Crippen LogP contribution in [-0.4, -0.2) is 0 Å². The van der Waals surface area contributed by atoms with Gasteiger partial charge in [-0.3, -0.25) is 0 Å². The number of fused-ring (bicyclic) bond motifs is 3. The van der Waals surface area contributed by atoms with Crippen LogP contribution in [0.5, 0.6) is 0 Å². The van der Waals surface area contributed by atoms with Gasteiger partial charge in [-0.1, -0.05) is 97.1 Å². The molecule has 0 saturated heterocycles. The van der Waals surface area contributed by atoms with Gasteiger partial charge < -0.3 is 0 Å². The van der Waals surface area contributed by atoms with E-state index in [0.29, 0.717) is 0 Å². The minimum Gasteiger partial charge on any atom is -0.0622 e. The van der Waals surface area contributed by atoms with Gasteiger partial charge in [0.25, 0.3) is 0 Å². The highest BCUT2D eigenvalue weighted by Gasteiger charge is 2.19. The molecule has 0 bridgehead atoms. The molecule has 1 aliphatic carbocycles. The highest BCUT2D eigenvalue weighted by Crippen LogP contribution is 2.45. The molecule has 0 atom stereocenters. The van der Waals surface area contributed by atoms with Crippen LogP contribution in [-0.2, 0) is 12.8 Å². The van der Waals surface area contributed by atoms with Crippen LogP contribution in [0.3, 0.4) is 0 Å². The maximum Gasteiger partial charge on any atom is -0.00263 e. The second kappa shape index (κ2) is 7.15. The molecule has 0 heterocycles. The highest BCUT2D eigenvalue weighted by molar-refractivity contribution is 6.21. The molecule has 0 nitrogen and oxygen atoms in total. The summed E-state index contributed by atoms with van der Waals surface area (Å²) in [6.45, 7) is 0. The Bertz CT molecular complexity index is 1250. The SMILES string of the molecule is c1ccc(-c2c3ccccc3c(-c3ccccc3)c3cc4c(cc23)CCCC4)cc1. The highest BCUT2D eigenvalue weighted by atomic mass is 14.2. The number of aryl methyl sites for hydroxylation is 2. The maximum absolute atomic E-state index is 2.50. The molecule has 0 saturated carbocycles. The number of hydrogen-bond acceptors (Lipinski definition) is 0. The van der Waals surface area contributed by atoms with Crippen molar-refractivity contribution in [3.8, 4) is 22.3 Å². The maximum atomic E-state index is 2.50. The lowest BCUT2D eigenvalue weighted by molar-refractivity contribution is 0.687. The molecule has 30 heavy (non-hydrogen) atoms. The first-order valence-electron chi connectivity index (χ1n) is 11.0. The van der Waals surface area contributed by atoms with Crippen LogP contribution >= 0.6 is 0 Å². The van der Waals surface area contributed by atoms with Crippen molar-refractivity contribution in [1.82, 2.24) is 0 Å². The molecule has 5 aromatic carbocycles. The van der Waals surface area contributed by atoms with Gasteiger partial charge in [0.15, 0.2) is 0 Å². The van der Waals surface area contributed by atoms with Crippen molar-refractivity contribution in [2.45, 2.75) is 25.7 Å². The minimum absolute atomic E-state index is 1.20. The van der Waals surface area contributed by atoms with Crippen molar-refractivity contribution in [3.05, 3.63) is 108 Å². The second-order valence-corrected chi connectivity index (χ2v) is 8.40. The molecule has 0 radical (unpaired) electrons. The average molecular weight is 385 g/mol. The molecular formula is C30H24. The van der Waals surface area contributed by atoms with Gasteiger partial charge in [-0.2, -0.15) is 0 Å². The fourth-order valence-corrected chi connectivity index (χ4v) is 5.24. The van der Waals surface area contributed by atoms with E-state index < -0.39 is 0 Å². The normalized spacial score (nSPS) is 13.5. The van der Waals surface area contributed by atoms with E-state index in [1.165, 1.54) is 69.5 Å². The Kier molecular flexibility index (Phi) is 4.16. The third-order valence-corrected chi connectivity index (χ3v) is 6.61. The van der Waals surface area contributed by atoms with Crippen molar-refractivity contribution in [2.75, 3.05) is 0 Å². The van der Waals surface area contributed by atoms with Crippen LogP contribution in [0.4, 0.5) is 0 Å². The number of hydrogen-bond donors (Lipinski definition) is 0. The van der Waals surface area contributed by atoms with Crippen molar-refractivity contribution >= 4 is 21.5 Å². The van der Waals surface area contributed by atoms with E-state index in [0.717, 1.165) is 0 Å². The first-order chi connectivity index (χ1) is 14.9. The summed E-state index contributed by atoms with van der Waals surface area (Å²) in [7, 11) is 0. The molecule has 0 heteroatoms. The summed E-state index contributed by atoms with van der Waals surface area (Å²) in [5, 5.41) is 5.45. The van der Waals surface area contributed by atoms with E-state index in [2.05, 4.69) is 97.1 Å². The molecule has 0 N–H and O–H groups in total. The Labute approximate surface area is 177 Å². The van der Waals surface area contributed by atoms with Crippen LogP contribution in [0.15, 0.2) is 97.1 Å². The van der Waals surface area contributed by atoms with Crippen molar-refractivity contribution < 1.29 is 0 Å².